The summed E-state index contributed by atoms with van der Waals surface area (Å²) < 4.78 is 1.02. The van der Waals surface area contributed by atoms with Gasteiger partial charge in [0.2, 0.25) is 0 Å². The van der Waals surface area contributed by atoms with E-state index in [-0.39, 0.29) is 0 Å². The van der Waals surface area contributed by atoms with Gasteiger partial charge in [-0.2, -0.15) is 0 Å². The second-order valence-electron chi connectivity index (χ2n) is 3.76. The van der Waals surface area contributed by atoms with Crippen molar-refractivity contribution in [3.63, 3.8) is 0 Å². The molecule has 1 aromatic rings. The Balaban J connectivity index is 2.60. The van der Waals surface area contributed by atoms with Gasteiger partial charge in [0.05, 0.1) is 0 Å². The van der Waals surface area contributed by atoms with E-state index in [0.717, 1.165) is 28.7 Å². The minimum atomic E-state index is 0.405. The first-order chi connectivity index (χ1) is 7.15. The smallest absolute Gasteiger partial charge is 0.123 e. The number of benzene rings is 1. The summed E-state index contributed by atoms with van der Waals surface area (Å²) in [5.74, 6) is 0.405. The number of phenols is 1. The number of hydrogen-bond acceptors (Lipinski definition) is 2. The van der Waals surface area contributed by atoms with Crippen LogP contribution in [0.1, 0.15) is 30.9 Å². The number of rotatable bonds is 5. The third kappa shape index (κ3) is 3.84. The van der Waals surface area contributed by atoms with Crippen molar-refractivity contribution in [2.45, 2.75) is 33.2 Å². The number of unbranched alkanes of at least 4 members (excludes halogenated alkanes) is 1. The van der Waals surface area contributed by atoms with Crippen molar-refractivity contribution in [2.75, 3.05) is 6.54 Å². The second kappa shape index (κ2) is 6.13. The number of aryl methyl sites for hydroxylation is 1. The third-order valence-corrected chi connectivity index (χ3v) is 2.82. The fourth-order valence-electron chi connectivity index (χ4n) is 1.46. The molecule has 0 radical (unpaired) electrons. The number of nitrogens with one attached hydrogen (secondary N) is 1. The van der Waals surface area contributed by atoms with Crippen molar-refractivity contribution >= 4 is 15.9 Å². The maximum Gasteiger partial charge on any atom is 0.123 e. The molecule has 0 saturated carbocycles. The van der Waals surface area contributed by atoms with Gasteiger partial charge in [0.25, 0.3) is 0 Å². The van der Waals surface area contributed by atoms with E-state index in [9.17, 15) is 5.11 Å². The minimum Gasteiger partial charge on any atom is -0.507 e. The van der Waals surface area contributed by atoms with Crippen LogP contribution in [0, 0.1) is 6.92 Å². The Kier molecular flexibility index (Phi) is 5.12. The number of phenolic OH excluding ortho intramolecular Hbond substituents is 1. The number of aromatic hydroxyl groups is 1. The summed E-state index contributed by atoms with van der Waals surface area (Å²) in [6, 6.07) is 3.88. The van der Waals surface area contributed by atoms with Crippen molar-refractivity contribution < 1.29 is 5.11 Å². The molecular weight excluding hydrogens is 254 g/mol. The molecule has 0 unspecified atom stereocenters. The summed E-state index contributed by atoms with van der Waals surface area (Å²) in [5.41, 5.74) is 1.87. The van der Waals surface area contributed by atoms with Gasteiger partial charge in [0.15, 0.2) is 0 Å². The highest BCUT2D eigenvalue weighted by Gasteiger charge is 2.05. The van der Waals surface area contributed by atoms with Gasteiger partial charge < -0.3 is 10.4 Å². The van der Waals surface area contributed by atoms with Crippen molar-refractivity contribution in [3.05, 3.63) is 27.7 Å². The van der Waals surface area contributed by atoms with Crippen LogP contribution < -0.4 is 5.32 Å². The van der Waals surface area contributed by atoms with E-state index in [4.69, 9.17) is 0 Å². The normalized spacial score (nSPS) is 10.6. The molecule has 3 heteroatoms. The Bertz CT molecular complexity index is 326. The Labute approximate surface area is 99.8 Å². The Hall–Kier alpha value is -0.540. The fraction of sp³-hybridized carbons (Fsp3) is 0.500. The van der Waals surface area contributed by atoms with Crippen LogP contribution in [0.25, 0.3) is 0 Å². The summed E-state index contributed by atoms with van der Waals surface area (Å²) in [4.78, 5) is 0. The highest BCUT2D eigenvalue weighted by Crippen LogP contribution is 2.26. The monoisotopic (exact) mass is 271 g/mol. The van der Waals surface area contributed by atoms with Crippen LogP contribution in [0.15, 0.2) is 16.6 Å². The molecule has 2 nitrogen and oxygen atoms in total. The van der Waals surface area contributed by atoms with Gasteiger partial charge in [0, 0.05) is 16.6 Å². The molecule has 2 N–H and O–H groups in total. The fourth-order valence-corrected chi connectivity index (χ4v) is 2.08. The van der Waals surface area contributed by atoms with E-state index < -0.39 is 0 Å². The van der Waals surface area contributed by atoms with Gasteiger partial charge in [-0.25, -0.2) is 0 Å². The van der Waals surface area contributed by atoms with Crippen molar-refractivity contribution in [3.8, 4) is 5.75 Å². The van der Waals surface area contributed by atoms with Crippen molar-refractivity contribution in [2.24, 2.45) is 0 Å². The maximum absolute atomic E-state index is 9.82. The van der Waals surface area contributed by atoms with Crippen LogP contribution in [0.4, 0.5) is 0 Å². The molecule has 0 spiro atoms. The van der Waals surface area contributed by atoms with Gasteiger partial charge in [-0.1, -0.05) is 29.3 Å². The van der Waals surface area contributed by atoms with E-state index in [1.165, 1.54) is 12.8 Å². The molecular formula is C12H18BrNO. The highest BCUT2D eigenvalue weighted by molar-refractivity contribution is 9.10. The zero-order valence-electron chi connectivity index (χ0n) is 9.31. The zero-order valence-corrected chi connectivity index (χ0v) is 10.9. The molecule has 0 bridgehead atoms. The molecule has 1 rings (SSSR count). The van der Waals surface area contributed by atoms with Gasteiger partial charge in [0.1, 0.15) is 5.75 Å². The largest absolute Gasteiger partial charge is 0.507 e. The summed E-state index contributed by atoms with van der Waals surface area (Å²) in [7, 11) is 0. The highest BCUT2D eigenvalue weighted by atomic mass is 79.9. The second-order valence-corrected chi connectivity index (χ2v) is 4.68. The molecule has 0 amide bonds. The lowest BCUT2D eigenvalue weighted by molar-refractivity contribution is 0.460. The lowest BCUT2D eigenvalue weighted by Gasteiger charge is -2.09. The van der Waals surface area contributed by atoms with E-state index >= 15 is 0 Å². The Morgan fingerprint density at radius 2 is 2.13 bits per heavy atom. The summed E-state index contributed by atoms with van der Waals surface area (Å²) in [6.45, 7) is 5.81. The molecule has 0 aliphatic carbocycles. The van der Waals surface area contributed by atoms with Gasteiger partial charge in [-0.05, 0) is 37.6 Å². The Morgan fingerprint density at radius 3 is 2.80 bits per heavy atom. The predicted molar refractivity (Wildman–Crippen MR) is 67.2 cm³/mol. The van der Waals surface area contributed by atoms with Crippen LogP contribution in [0.2, 0.25) is 0 Å². The molecule has 0 aliphatic heterocycles. The predicted octanol–water partition coefficient (Wildman–Crippen LogP) is 3.35. The lowest BCUT2D eigenvalue weighted by Crippen LogP contribution is -2.14. The molecule has 1 aromatic carbocycles. The first kappa shape index (κ1) is 12.5. The van der Waals surface area contributed by atoms with Crippen LogP contribution in [-0.4, -0.2) is 11.7 Å². The summed E-state index contributed by atoms with van der Waals surface area (Å²) in [5, 5.41) is 13.1. The molecule has 15 heavy (non-hydrogen) atoms. The van der Waals surface area contributed by atoms with Crippen LogP contribution in [0.5, 0.6) is 5.75 Å². The Morgan fingerprint density at radius 1 is 1.40 bits per heavy atom. The molecule has 0 aliphatic rings. The zero-order chi connectivity index (χ0) is 11.3. The molecule has 0 fully saturated rings. The van der Waals surface area contributed by atoms with E-state index in [1.807, 2.05) is 19.1 Å². The lowest BCUT2D eigenvalue weighted by atomic mass is 10.1. The average Bonchev–Trinajstić information content (AvgIpc) is 2.19. The molecule has 0 aromatic heterocycles. The quantitative estimate of drug-likeness (QED) is 0.806. The van der Waals surface area contributed by atoms with E-state index in [0.29, 0.717) is 5.75 Å². The summed E-state index contributed by atoms with van der Waals surface area (Å²) in [6.07, 6.45) is 2.37. The topological polar surface area (TPSA) is 32.3 Å². The third-order valence-electron chi connectivity index (χ3n) is 2.37. The average molecular weight is 272 g/mol. The van der Waals surface area contributed by atoms with E-state index in [2.05, 4.69) is 28.2 Å². The minimum absolute atomic E-state index is 0.405. The van der Waals surface area contributed by atoms with Gasteiger partial charge in [-0.3, -0.25) is 0 Å². The van der Waals surface area contributed by atoms with Crippen molar-refractivity contribution in [1.82, 2.24) is 5.32 Å². The van der Waals surface area contributed by atoms with Crippen LogP contribution in [0.3, 0.4) is 0 Å². The summed E-state index contributed by atoms with van der Waals surface area (Å²) >= 11 is 3.43. The molecule has 0 saturated heterocycles. The first-order valence-corrected chi connectivity index (χ1v) is 6.13. The molecule has 0 heterocycles. The maximum atomic E-state index is 9.82. The molecule has 0 atom stereocenters. The van der Waals surface area contributed by atoms with Crippen LogP contribution >= 0.6 is 15.9 Å². The SMILES string of the molecule is CCCCNCc1cc(Br)cc(C)c1O. The molecule has 84 valence electrons. The van der Waals surface area contributed by atoms with E-state index in [1.54, 1.807) is 0 Å². The van der Waals surface area contributed by atoms with Gasteiger partial charge in [-0.15, -0.1) is 0 Å². The first-order valence-electron chi connectivity index (χ1n) is 5.34. The van der Waals surface area contributed by atoms with Crippen LogP contribution in [-0.2, 0) is 6.54 Å². The number of hydrogen-bond donors (Lipinski definition) is 2. The van der Waals surface area contributed by atoms with Crippen molar-refractivity contribution in [1.29, 1.82) is 0 Å². The van der Waals surface area contributed by atoms with Gasteiger partial charge >= 0.3 is 0 Å². The number of halogens is 1. The standard InChI is InChI=1S/C12H18BrNO/c1-3-4-5-14-8-10-7-11(13)6-9(2)12(10)15/h6-7,14-15H,3-5,8H2,1-2H3.